The lowest BCUT2D eigenvalue weighted by Crippen LogP contribution is -2.07. The second kappa shape index (κ2) is 21.6. The number of unbranched alkanes of at least 4 members (excludes halogenated alkanes) is 8. The van der Waals surface area contributed by atoms with Crippen LogP contribution in [0.2, 0.25) is 0 Å². The quantitative estimate of drug-likeness (QED) is 0.143. The van der Waals surface area contributed by atoms with Gasteiger partial charge in [-0.1, -0.05) is 122 Å². The van der Waals surface area contributed by atoms with E-state index in [1.165, 1.54) is 96.3 Å². The first-order valence-corrected chi connectivity index (χ1v) is 12.6. The topological polar surface area (TPSA) is 17.1 Å². The number of hydrogen-bond donors (Lipinski definition) is 0. The minimum absolute atomic E-state index is 0.145. The molecule has 29 heavy (non-hydrogen) atoms. The number of allylic oxidation sites excluding steroid dienone is 5. The molecule has 0 radical (unpaired) electrons. The Morgan fingerprint density at radius 2 is 1.41 bits per heavy atom. The Morgan fingerprint density at radius 3 is 2.03 bits per heavy atom. The molecule has 0 N–H and O–H groups in total. The molecule has 1 aliphatic rings. The van der Waals surface area contributed by atoms with Crippen molar-refractivity contribution in [1.29, 1.82) is 0 Å². The molecule has 0 unspecified atom stereocenters. The second-order valence-corrected chi connectivity index (χ2v) is 8.76. The average molecular weight is 403 g/mol. The maximum absolute atomic E-state index is 10.3. The predicted octanol–water partition coefficient (Wildman–Crippen LogP) is 9.39. The van der Waals surface area contributed by atoms with Crippen molar-refractivity contribution in [3.8, 4) is 0 Å². The zero-order valence-electron chi connectivity index (χ0n) is 20.0. The molecule has 1 nitrogen and oxygen atoms in total. The molecule has 0 heterocycles. The molecule has 168 valence electrons. The van der Waals surface area contributed by atoms with Gasteiger partial charge in [-0.05, 0) is 50.5 Å². The molecule has 0 saturated heterocycles. The molecule has 1 saturated carbocycles. The minimum atomic E-state index is 0.145. The molecule has 0 amide bonds. The normalized spacial score (nSPS) is 18.9. The van der Waals surface area contributed by atoms with Gasteiger partial charge in [-0.25, -0.2) is 0 Å². The highest BCUT2D eigenvalue weighted by Gasteiger charge is 2.25. The molecule has 0 spiro atoms. The van der Waals surface area contributed by atoms with E-state index in [2.05, 4.69) is 32.6 Å². The van der Waals surface area contributed by atoms with Gasteiger partial charge < -0.3 is 0 Å². The van der Waals surface area contributed by atoms with Crippen molar-refractivity contribution >= 4 is 5.78 Å². The summed E-state index contributed by atoms with van der Waals surface area (Å²) in [5.74, 6) is 2.25. The molecular weight excluding hydrogens is 352 g/mol. The van der Waals surface area contributed by atoms with E-state index >= 15 is 0 Å². The SMILES string of the molecule is C=C/C=C/CCC[C@H]1CCC[C@@H]1CCCCCCCC.CCCC/C=C/C(C)=O. The summed E-state index contributed by atoms with van der Waals surface area (Å²) in [5, 5.41) is 0. The third kappa shape index (κ3) is 18.6. The summed E-state index contributed by atoms with van der Waals surface area (Å²) in [6.45, 7) is 9.73. The van der Waals surface area contributed by atoms with Crippen molar-refractivity contribution in [2.45, 2.75) is 124 Å². The van der Waals surface area contributed by atoms with Gasteiger partial charge in [0.25, 0.3) is 0 Å². The number of carbonyl (C=O) groups is 1. The Labute approximate surface area is 183 Å². The van der Waals surface area contributed by atoms with Gasteiger partial charge in [0.05, 0.1) is 0 Å². The Bertz CT molecular complexity index is 432. The van der Waals surface area contributed by atoms with E-state index in [1.807, 2.05) is 12.2 Å². The fourth-order valence-corrected chi connectivity index (χ4v) is 4.32. The van der Waals surface area contributed by atoms with Crippen LogP contribution in [0.25, 0.3) is 0 Å². The summed E-state index contributed by atoms with van der Waals surface area (Å²) in [5.41, 5.74) is 0. The minimum Gasteiger partial charge on any atom is -0.295 e. The molecule has 0 aromatic rings. The largest absolute Gasteiger partial charge is 0.295 e. The van der Waals surface area contributed by atoms with Gasteiger partial charge >= 0.3 is 0 Å². The van der Waals surface area contributed by atoms with Crippen LogP contribution in [0.1, 0.15) is 124 Å². The molecule has 2 atom stereocenters. The van der Waals surface area contributed by atoms with Crippen molar-refractivity contribution < 1.29 is 4.79 Å². The van der Waals surface area contributed by atoms with Gasteiger partial charge in [0.2, 0.25) is 0 Å². The van der Waals surface area contributed by atoms with E-state index in [4.69, 9.17) is 0 Å². The third-order valence-corrected chi connectivity index (χ3v) is 6.04. The lowest BCUT2D eigenvalue weighted by Gasteiger charge is -2.19. The standard InChI is InChI=1S/C20H36.C8H14O/c1-3-5-7-9-11-13-16-20-18-14-17-19(20)15-12-10-8-6-4-2;1-3-4-5-6-7-8(2)9/h4,6,8,19-20H,2-3,5,7,9-18H2,1H3;6-7H,3-5H2,1-2H3/b8-6+;7-6+/t19-,20-;/m0./s1. The second-order valence-electron chi connectivity index (χ2n) is 8.76. The van der Waals surface area contributed by atoms with Crippen LogP contribution in [0.4, 0.5) is 0 Å². The highest BCUT2D eigenvalue weighted by Crippen LogP contribution is 2.38. The van der Waals surface area contributed by atoms with Gasteiger partial charge in [-0.3, -0.25) is 4.79 Å². The summed E-state index contributed by atoms with van der Waals surface area (Å²) in [6, 6.07) is 0. The van der Waals surface area contributed by atoms with Crippen molar-refractivity contribution in [2.75, 3.05) is 0 Å². The molecule has 0 aromatic heterocycles. The molecule has 0 aromatic carbocycles. The van der Waals surface area contributed by atoms with Crippen LogP contribution in [-0.4, -0.2) is 5.78 Å². The number of rotatable bonds is 16. The number of hydrogen-bond acceptors (Lipinski definition) is 1. The van der Waals surface area contributed by atoms with Crippen LogP contribution in [0, 0.1) is 11.8 Å². The van der Waals surface area contributed by atoms with E-state index < -0.39 is 0 Å². The summed E-state index contributed by atoms with van der Waals surface area (Å²) in [6.07, 6.45) is 32.0. The van der Waals surface area contributed by atoms with E-state index in [9.17, 15) is 4.79 Å². The van der Waals surface area contributed by atoms with Crippen LogP contribution in [-0.2, 0) is 4.79 Å². The van der Waals surface area contributed by atoms with Crippen molar-refractivity contribution in [3.63, 3.8) is 0 Å². The average Bonchev–Trinajstić information content (AvgIpc) is 3.15. The molecule has 1 aliphatic carbocycles. The lowest BCUT2D eigenvalue weighted by atomic mass is 9.87. The molecular formula is C28H50O. The smallest absolute Gasteiger partial charge is 0.152 e. The van der Waals surface area contributed by atoms with E-state index in [0.717, 1.165) is 18.3 Å². The first-order valence-electron chi connectivity index (χ1n) is 12.6. The van der Waals surface area contributed by atoms with Crippen molar-refractivity contribution in [1.82, 2.24) is 0 Å². The van der Waals surface area contributed by atoms with Gasteiger partial charge in [-0.15, -0.1) is 0 Å². The van der Waals surface area contributed by atoms with E-state index in [-0.39, 0.29) is 5.78 Å². The first-order chi connectivity index (χ1) is 14.2. The van der Waals surface area contributed by atoms with Crippen LogP contribution >= 0.6 is 0 Å². The molecule has 0 bridgehead atoms. The zero-order valence-corrected chi connectivity index (χ0v) is 20.0. The summed E-state index contributed by atoms with van der Waals surface area (Å²) in [4.78, 5) is 10.3. The first kappa shape index (κ1) is 27.9. The molecule has 1 heteroatoms. The third-order valence-electron chi connectivity index (χ3n) is 6.04. The highest BCUT2D eigenvalue weighted by atomic mass is 16.1. The lowest BCUT2D eigenvalue weighted by molar-refractivity contribution is -0.112. The van der Waals surface area contributed by atoms with E-state index in [1.54, 1.807) is 13.0 Å². The van der Waals surface area contributed by atoms with Gasteiger partial charge in [-0.2, -0.15) is 0 Å². The molecule has 1 rings (SSSR count). The Kier molecular flexibility index (Phi) is 20.8. The maximum atomic E-state index is 10.3. The summed E-state index contributed by atoms with van der Waals surface area (Å²) >= 11 is 0. The van der Waals surface area contributed by atoms with E-state index in [0.29, 0.717) is 0 Å². The van der Waals surface area contributed by atoms with Crippen molar-refractivity contribution in [2.24, 2.45) is 11.8 Å². The van der Waals surface area contributed by atoms with Gasteiger partial charge in [0.15, 0.2) is 5.78 Å². The molecule has 0 aliphatic heterocycles. The summed E-state index contributed by atoms with van der Waals surface area (Å²) < 4.78 is 0. The van der Waals surface area contributed by atoms with Gasteiger partial charge in [0.1, 0.15) is 0 Å². The van der Waals surface area contributed by atoms with Crippen molar-refractivity contribution in [3.05, 3.63) is 37.0 Å². The number of ketones is 1. The van der Waals surface area contributed by atoms with Crippen LogP contribution < -0.4 is 0 Å². The van der Waals surface area contributed by atoms with Crippen LogP contribution in [0.3, 0.4) is 0 Å². The van der Waals surface area contributed by atoms with Crippen LogP contribution in [0.15, 0.2) is 37.0 Å². The fourth-order valence-electron chi connectivity index (χ4n) is 4.32. The predicted molar refractivity (Wildman–Crippen MR) is 131 cm³/mol. The monoisotopic (exact) mass is 402 g/mol. The highest BCUT2D eigenvalue weighted by molar-refractivity contribution is 5.87. The van der Waals surface area contributed by atoms with Crippen LogP contribution in [0.5, 0.6) is 0 Å². The Morgan fingerprint density at radius 1 is 0.828 bits per heavy atom. The Balaban J connectivity index is 0.000000734. The fraction of sp³-hybridized carbons (Fsp3) is 0.750. The Hall–Kier alpha value is -1.11. The van der Waals surface area contributed by atoms with Gasteiger partial charge in [0, 0.05) is 0 Å². The maximum Gasteiger partial charge on any atom is 0.152 e. The zero-order chi connectivity index (χ0) is 21.6. The molecule has 1 fully saturated rings. The summed E-state index contributed by atoms with van der Waals surface area (Å²) in [7, 11) is 0. The number of carbonyl (C=O) groups excluding carboxylic acids is 1.